The van der Waals surface area contributed by atoms with Crippen LogP contribution in [0, 0.1) is 0 Å². The third-order valence-electron chi connectivity index (χ3n) is 3.02. The first kappa shape index (κ1) is 11.3. The second-order valence-corrected chi connectivity index (χ2v) is 6.44. The van der Waals surface area contributed by atoms with E-state index in [1.54, 1.807) is 0 Å². The molecule has 0 aliphatic heterocycles. The van der Waals surface area contributed by atoms with E-state index in [2.05, 4.69) is 70.3 Å². The fourth-order valence-corrected chi connectivity index (χ4v) is 4.62. The van der Waals surface area contributed by atoms with Gasteiger partial charge in [-0.25, -0.2) is 0 Å². The molecule has 0 fully saturated rings. The summed E-state index contributed by atoms with van der Waals surface area (Å²) in [6, 6.07) is 17.3. The molecular formula is C15H11BrSe. The normalized spacial score (nSPS) is 11.2. The first-order valence-corrected chi connectivity index (χ1v) is 8.82. The first-order chi connectivity index (χ1) is 8.33. The maximum absolute atomic E-state index is 3.75. The van der Waals surface area contributed by atoms with Crippen molar-refractivity contribution in [1.29, 1.82) is 0 Å². The predicted octanol–water partition coefficient (Wildman–Crippen LogP) is 4.13. The molecule has 0 N–H and O–H groups in total. The summed E-state index contributed by atoms with van der Waals surface area (Å²) in [6.07, 6.45) is 0. The van der Waals surface area contributed by atoms with Gasteiger partial charge in [0, 0.05) is 0 Å². The average molecular weight is 350 g/mol. The van der Waals surface area contributed by atoms with E-state index in [0.29, 0.717) is 15.0 Å². The number of benzene rings is 3. The molecule has 3 aromatic rings. The second-order valence-electron chi connectivity index (χ2n) is 3.94. The molecule has 2 heteroatoms. The van der Waals surface area contributed by atoms with E-state index in [1.165, 1.54) is 30.5 Å². The van der Waals surface area contributed by atoms with Gasteiger partial charge in [-0.1, -0.05) is 0 Å². The van der Waals surface area contributed by atoms with Crippen LogP contribution in [0.4, 0.5) is 0 Å². The van der Waals surface area contributed by atoms with E-state index in [1.807, 2.05) is 0 Å². The van der Waals surface area contributed by atoms with Gasteiger partial charge in [0.15, 0.2) is 0 Å². The Bertz CT molecular complexity index is 647. The molecule has 0 saturated heterocycles. The number of rotatable bonds is 1. The predicted molar refractivity (Wildman–Crippen MR) is 80.4 cm³/mol. The summed E-state index contributed by atoms with van der Waals surface area (Å²) in [4.78, 5) is 0. The quantitative estimate of drug-likeness (QED) is 0.457. The van der Waals surface area contributed by atoms with Crippen molar-refractivity contribution < 1.29 is 0 Å². The van der Waals surface area contributed by atoms with Gasteiger partial charge in [0.2, 0.25) is 0 Å². The Kier molecular flexibility index (Phi) is 2.95. The first-order valence-electron chi connectivity index (χ1n) is 5.46. The topological polar surface area (TPSA) is 0 Å². The summed E-state index contributed by atoms with van der Waals surface area (Å²) in [5.41, 5.74) is 0. The molecule has 0 amide bonds. The maximum atomic E-state index is 3.75. The zero-order valence-electron chi connectivity index (χ0n) is 9.41. The minimum absolute atomic E-state index is 0.500. The van der Waals surface area contributed by atoms with Gasteiger partial charge in [-0.15, -0.1) is 0 Å². The summed E-state index contributed by atoms with van der Waals surface area (Å²) >= 11 is 4.25. The van der Waals surface area contributed by atoms with Crippen molar-refractivity contribution in [2.24, 2.45) is 0 Å². The van der Waals surface area contributed by atoms with Crippen molar-refractivity contribution in [3.05, 3.63) is 53.0 Å². The zero-order chi connectivity index (χ0) is 11.8. The summed E-state index contributed by atoms with van der Waals surface area (Å²) in [6.45, 7) is 0. The Morgan fingerprint density at radius 2 is 1.18 bits per heavy atom. The van der Waals surface area contributed by atoms with Gasteiger partial charge in [-0.05, 0) is 0 Å². The second kappa shape index (κ2) is 4.45. The van der Waals surface area contributed by atoms with Gasteiger partial charge in [0.25, 0.3) is 0 Å². The number of hydrogen-bond acceptors (Lipinski definition) is 0. The van der Waals surface area contributed by atoms with E-state index in [-0.39, 0.29) is 0 Å². The summed E-state index contributed by atoms with van der Waals surface area (Å²) in [5.74, 6) is 2.29. The van der Waals surface area contributed by atoms with Crippen LogP contribution < -0.4 is 4.46 Å². The van der Waals surface area contributed by atoms with Crippen molar-refractivity contribution in [2.75, 3.05) is 0 Å². The SMILES string of the molecule is C[Se]c1c2ccccc2c(Br)c2ccccc12. The summed E-state index contributed by atoms with van der Waals surface area (Å²) in [5, 5.41) is 5.43. The van der Waals surface area contributed by atoms with Crippen LogP contribution in [0.15, 0.2) is 53.0 Å². The number of hydrogen-bond donors (Lipinski definition) is 0. The standard InChI is InChI=1S/C15H11BrSe/c1-17-15-12-8-4-2-6-10(12)14(16)11-7-3-5-9-13(11)15/h2-9H,1H3. The molecule has 0 saturated carbocycles. The van der Waals surface area contributed by atoms with E-state index < -0.39 is 0 Å². The average Bonchev–Trinajstić information content (AvgIpc) is 2.40. The molecule has 0 unspecified atom stereocenters. The number of halogens is 1. The van der Waals surface area contributed by atoms with Gasteiger partial charge >= 0.3 is 116 Å². The van der Waals surface area contributed by atoms with E-state index in [4.69, 9.17) is 0 Å². The summed E-state index contributed by atoms with van der Waals surface area (Å²) in [7, 11) is 0. The van der Waals surface area contributed by atoms with Gasteiger partial charge in [-0.2, -0.15) is 0 Å². The third kappa shape index (κ3) is 1.72. The van der Waals surface area contributed by atoms with Gasteiger partial charge < -0.3 is 0 Å². The van der Waals surface area contributed by atoms with Crippen LogP contribution in [0.25, 0.3) is 21.5 Å². The van der Waals surface area contributed by atoms with E-state index >= 15 is 0 Å². The summed E-state index contributed by atoms with van der Waals surface area (Å²) < 4.78 is 2.73. The Balaban J connectivity index is 2.63. The fourth-order valence-electron chi connectivity index (χ4n) is 2.26. The zero-order valence-corrected chi connectivity index (χ0v) is 12.7. The van der Waals surface area contributed by atoms with Crippen LogP contribution in [-0.4, -0.2) is 15.0 Å². The Labute approximate surface area is 115 Å². The molecule has 0 aromatic heterocycles. The molecule has 0 atom stereocenters. The van der Waals surface area contributed by atoms with Crippen molar-refractivity contribution in [3.8, 4) is 0 Å². The van der Waals surface area contributed by atoms with Gasteiger partial charge in [-0.3, -0.25) is 0 Å². The van der Waals surface area contributed by atoms with Gasteiger partial charge in [0.1, 0.15) is 0 Å². The van der Waals surface area contributed by atoms with E-state index in [0.717, 1.165) is 0 Å². The molecule has 0 aliphatic rings. The minimum atomic E-state index is 0.500. The van der Waals surface area contributed by atoms with Crippen LogP contribution in [0.5, 0.6) is 0 Å². The molecule has 0 radical (unpaired) electrons. The molecule has 0 heterocycles. The number of fused-ring (bicyclic) bond motifs is 2. The fraction of sp³-hybridized carbons (Fsp3) is 0.0667. The van der Waals surface area contributed by atoms with Crippen molar-refractivity contribution >= 4 is 56.9 Å². The Hall–Kier alpha value is -0.821. The molecule has 0 bridgehead atoms. The van der Waals surface area contributed by atoms with Crippen LogP contribution in [0.2, 0.25) is 5.82 Å². The molecule has 17 heavy (non-hydrogen) atoms. The third-order valence-corrected chi connectivity index (χ3v) is 5.65. The van der Waals surface area contributed by atoms with Crippen LogP contribution in [-0.2, 0) is 0 Å². The Morgan fingerprint density at radius 3 is 1.59 bits per heavy atom. The van der Waals surface area contributed by atoms with Crippen molar-refractivity contribution in [1.82, 2.24) is 0 Å². The molecule has 3 rings (SSSR count). The molecule has 84 valence electrons. The molecule has 0 aliphatic carbocycles. The van der Waals surface area contributed by atoms with Crippen molar-refractivity contribution in [2.45, 2.75) is 5.82 Å². The Morgan fingerprint density at radius 1 is 0.765 bits per heavy atom. The molecule has 0 spiro atoms. The molecule has 0 nitrogen and oxygen atoms in total. The van der Waals surface area contributed by atoms with Crippen LogP contribution >= 0.6 is 15.9 Å². The van der Waals surface area contributed by atoms with Crippen LogP contribution in [0.1, 0.15) is 0 Å². The van der Waals surface area contributed by atoms with Gasteiger partial charge in [0.05, 0.1) is 0 Å². The van der Waals surface area contributed by atoms with E-state index in [9.17, 15) is 0 Å². The van der Waals surface area contributed by atoms with Crippen LogP contribution in [0.3, 0.4) is 0 Å². The van der Waals surface area contributed by atoms with Crippen molar-refractivity contribution in [3.63, 3.8) is 0 Å². The monoisotopic (exact) mass is 350 g/mol. The molecular weight excluding hydrogens is 339 g/mol. The molecule has 3 aromatic carbocycles.